The first-order valence-corrected chi connectivity index (χ1v) is 5.98. The number of hydrogen-bond acceptors (Lipinski definition) is 4. The molecule has 3 N–H and O–H groups in total. The first-order valence-electron chi connectivity index (χ1n) is 5.16. The zero-order valence-corrected chi connectivity index (χ0v) is 10.5. The number of carbonyl (C=O) groups excluding carboxylic acids is 1. The third-order valence-corrected chi connectivity index (χ3v) is 3.11. The minimum absolute atomic E-state index is 0.156. The van der Waals surface area contributed by atoms with Gasteiger partial charge in [-0.25, -0.2) is 4.98 Å². The fourth-order valence-electron chi connectivity index (χ4n) is 1.58. The van der Waals surface area contributed by atoms with Crippen molar-refractivity contribution in [2.24, 2.45) is 0 Å². The van der Waals surface area contributed by atoms with E-state index in [-0.39, 0.29) is 5.91 Å². The molecule has 88 valence electrons. The van der Waals surface area contributed by atoms with Crippen molar-refractivity contribution in [1.29, 1.82) is 0 Å². The monoisotopic (exact) mass is 247 g/mol. The van der Waals surface area contributed by atoms with Gasteiger partial charge in [0.25, 0.3) is 5.91 Å². The number of carbonyl (C=O) groups is 1. The molecule has 1 amide bonds. The Balaban J connectivity index is 2.20. The number of aromatic nitrogens is 1. The fourth-order valence-corrected chi connectivity index (χ4v) is 2.15. The van der Waals surface area contributed by atoms with Gasteiger partial charge in [-0.3, -0.25) is 10.1 Å². The lowest BCUT2D eigenvalue weighted by Gasteiger charge is -2.05. The number of aryl methyl sites for hydroxylation is 2. The van der Waals surface area contributed by atoms with E-state index in [9.17, 15) is 4.79 Å². The number of amides is 1. The van der Waals surface area contributed by atoms with Crippen LogP contribution in [0.3, 0.4) is 0 Å². The van der Waals surface area contributed by atoms with Crippen LogP contribution in [0.1, 0.15) is 21.5 Å². The van der Waals surface area contributed by atoms with Gasteiger partial charge in [0, 0.05) is 5.56 Å². The molecule has 0 radical (unpaired) electrons. The van der Waals surface area contributed by atoms with Crippen LogP contribution in [0, 0.1) is 13.8 Å². The van der Waals surface area contributed by atoms with E-state index in [2.05, 4.69) is 10.3 Å². The van der Waals surface area contributed by atoms with Crippen LogP contribution in [-0.2, 0) is 0 Å². The van der Waals surface area contributed by atoms with E-state index in [1.807, 2.05) is 32.0 Å². The molecule has 17 heavy (non-hydrogen) atoms. The number of nitrogens with one attached hydrogen (secondary N) is 1. The van der Waals surface area contributed by atoms with E-state index in [0.717, 1.165) is 11.1 Å². The molecule has 1 aromatic heterocycles. The summed E-state index contributed by atoms with van der Waals surface area (Å²) < 4.78 is 0. The summed E-state index contributed by atoms with van der Waals surface area (Å²) in [6.07, 6.45) is 1.53. The molecule has 0 saturated carbocycles. The number of anilines is 2. The molecule has 2 rings (SSSR count). The van der Waals surface area contributed by atoms with Gasteiger partial charge in [0.1, 0.15) is 5.00 Å². The van der Waals surface area contributed by atoms with Crippen molar-refractivity contribution < 1.29 is 4.79 Å². The molecule has 0 unspecified atom stereocenters. The van der Waals surface area contributed by atoms with E-state index < -0.39 is 0 Å². The third kappa shape index (κ3) is 2.62. The number of nitrogens with two attached hydrogens (primary N) is 1. The fraction of sp³-hybridized carbons (Fsp3) is 0.167. The molecule has 0 fully saturated rings. The lowest BCUT2D eigenvalue weighted by atomic mass is 10.1. The first kappa shape index (κ1) is 11.6. The summed E-state index contributed by atoms with van der Waals surface area (Å²) in [6.45, 7) is 3.91. The molecule has 0 saturated heterocycles. The number of benzene rings is 1. The van der Waals surface area contributed by atoms with Crippen LogP contribution >= 0.6 is 11.3 Å². The first-order chi connectivity index (χ1) is 8.06. The van der Waals surface area contributed by atoms with Crippen molar-refractivity contribution in [2.75, 3.05) is 11.1 Å². The maximum absolute atomic E-state index is 12.0. The average molecular weight is 247 g/mol. The number of nitrogen functional groups attached to an aromatic ring is 1. The van der Waals surface area contributed by atoms with E-state index in [0.29, 0.717) is 15.7 Å². The molecule has 0 bridgehead atoms. The van der Waals surface area contributed by atoms with Gasteiger partial charge in [-0.05, 0) is 25.5 Å². The SMILES string of the molecule is Cc1ccc(C(=O)Nc2ncc(N)s2)c(C)c1. The second-order valence-electron chi connectivity index (χ2n) is 3.84. The Kier molecular flexibility index (Phi) is 3.10. The van der Waals surface area contributed by atoms with Crippen molar-refractivity contribution in [3.05, 3.63) is 41.1 Å². The largest absolute Gasteiger partial charge is 0.389 e. The Morgan fingerprint density at radius 3 is 2.76 bits per heavy atom. The van der Waals surface area contributed by atoms with Crippen molar-refractivity contribution in [1.82, 2.24) is 4.98 Å². The van der Waals surface area contributed by atoms with Gasteiger partial charge in [-0.2, -0.15) is 0 Å². The van der Waals surface area contributed by atoms with Gasteiger partial charge >= 0.3 is 0 Å². The average Bonchev–Trinajstić information content (AvgIpc) is 2.63. The highest BCUT2D eigenvalue weighted by atomic mass is 32.1. The second-order valence-corrected chi connectivity index (χ2v) is 4.90. The predicted molar refractivity (Wildman–Crippen MR) is 70.4 cm³/mol. The van der Waals surface area contributed by atoms with Crippen LogP contribution in [0.15, 0.2) is 24.4 Å². The highest BCUT2D eigenvalue weighted by Gasteiger charge is 2.10. The lowest BCUT2D eigenvalue weighted by molar-refractivity contribution is 0.102. The summed E-state index contributed by atoms with van der Waals surface area (Å²) in [7, 11) is 0. The highest BCUT2D eigenvalue weighted by Crippen LogP contribution is 2.21. The van der Waals surface area contributed by atoms with Crippen molar-refractivity contribution in [3.8, 4) is 0 Å². The smallest absolute Gasteiger partial charge is 0.257 e. The number of hydrogen-bond donors (Lipinski definition) is 2. The summed E-state index contributed by atoms with van der Waals surface area (Å²) in [4.78, 5) is 16.0. The molecule has 0 spiro atoms. The van der Waals surface area contributed by atoms with E-state index in [1.54, 1.807) is 0 Å². The summed E-state index contributed by atoms with van der Waals surface area (Å²) in [5.41, 5.74) is 8.29. The number of rotatable bonds is 2. The molecule has 0 aliphatic carbocycles. The predicted octanol–water partition coefficient (Wildman–Crippen LogP) is 2.59. The van der Waals surface area contributed by atoms with Gasteiger partial charge in [0.05, 0.1) is 6.20 Å². The normalized spacial score (nSPS) is 10.2. The van der Waals surface area contributed by atoms with E-state index in [4.69, 9.17) is 5.73 Å². The Morgan fingerprint density at radius 1 is 1.41 bits per heavy atom. The van der Waals surface area contributed by atoms with Gasteiger partial charge in [0.2, 0.25) is 0 Å². The summed E-state index contributed by atoms with van der Waals surface area (Å²) in [6, 6.07) is 5.71. The van der Waals surface area contributed by atoms with Crippen LogP contribution in [0.5, 0.6) is 0 Å². The number of nitrogens with zero attached hydrogens (tertiary/aromatic N) is 1. The Morgan fingerprint density at radius 2 is 2.18 bits per heavy atom. The standard InChI is InChI=1S/C12H13N3OS/c1-7-3-4-9(8(2)5-7)11(16)15-12-14-6-10(13)17-12/h3-6H,13H2,1-2H3,(H,14,15,16). The Labute approximate surface area is 103 Å². The van der Waals surface area contributed by atoms with E-state index >= 15 is 0 Å². The van der Waals surface area contributed by atoms with E-state index in [1.165, 1.54) is 17.5 Å². The molecule has 1 heterocycles. The third-order valence-electron chi connectivity index (χ3n) is 2.37. The molecule has 4 nitrogen and oxygen atoms in total. The van der Waals surface area contributed by atoms with Crippen molar-refractivity contribution >= 4 is 27.4 Å². The van der Waals surface area contributed by atoms with Crippen LogP contribution in [0.25, 0.3) is 0 Å². The van der Waals surface area contributed by atoms with Crippen LogP contribution in [0.2, 0.25) is 0 Å². The zero-order chi connectivity index (χ0) is 12.4. The van der Waals surface area contributed by atoms with Gasteiger partial charge < -0.3 is 5.73 Å². The minimum atomic E-state index is -0.156. The molecule has 5 heteroatoms. The molecule has 1 aromatic carbocycles. The molecule has 2 aromatic rings. The molecular weight excluding hydrogens is 234 g/mol. The summed E-state index contributed by atoms with van der Waals surface area (Å²) in [5.74, 6) is -0.156. The highest BCUT2D eigenvalue weighted by molar-refractivity contribution is 7.19. The van der Waals surface area contributed by atoms with Crippen LogP contribution in [0.4, 0.5) is 10.1 Å². The van der Waals surface area contributed by atoms with Gasteiger partial charge in [-0.15, -0.1) is 0 Å². The zero-order valence-electron chi connectivity index (χ0n) is 9.65. The molecule has 0 aliphatic rings. The van der Waals surface area contributed by atoms with Crippen LogP contribution in [-0.4, -0.2) is 10.9 Å². The number of thiazole rings is 1. The lowest BCUT2D eigenvalue weighted by Crippen LogP contribution is -2.13. The van der Waals surface area contributed by atoms with Crippen LogP contribution < -0.4 is 11.1 Å². The summed E-state index contributed by atoms with van der Waals surface area (Å²) >= 11 is 1.25. The maximum atomic E-state index is 12.0. The molecule has 0 aliphatic heterocycles. The maximum Gasteiger partial charge on any atom is 0.257 e. The van der Waals surface area contributed by atoms with Gasteiger partial charge in [0.15, 0.2) is 5.13 Å². The summed E-state index contributed by atoms with van der Waals surface area (Å²) in [5, 5.41) is 3.83. The molecular formula is C12H13N3OS. The van der Waals surface area contributed by atoms with Crippen molar-refractivity contribution in [2.45, 2.75) is 13.8 Å². The quantitative estimate of drug-likeness (QED) is 0.857. The van der Waals surface area contributed by atoms with Crippen molar-refractivity contribution in [3.63, 3.8) is 0 Å². The second kappa shape index (κ2) is 4.55. The minimum Gasteiger partial charge on any atom is -0.389 e. The molecule has 0 atom stereocenters. The van der Waals surface area contributed by atoms with Gasteiger partial charge in [-0.1, -0.05) is 29.0 Å². The Bertz CT molecular complexity index is 563. The Hall–Kier alpha value is -1.88. The topological polar surface area (TPSA) is 68.0 Å².